The standard InChI is InChI=1S/C11H12O2/c1-2-9-4-3-5-10(8-9)13-11-6-7-12-11/h2-5,8,11H,1,6-7H2. The van der Waals surface area contributed by atoms with E-state index in [0.29, 0.717) is 0 Å². The van der Waals surface area contributed by atoms with Gasteiger partial charge in [0.2, 0.25) is 6.29 Å². The SMILES string of the molecule is C=Cc1cccc(OC2CCO2)c1. The molecule has 68 valence electrons. The van der Waals surface area contributed by atoms with Gasteiger partial charge in [-0.25, -0.2) is 0 Å². The summed E-state index contributed by atoms with van der Waals surface area (Å²) < 4.78 is 10.7. The Hall–Kier alpha value is -1.28. The molecule has 0 radical (unpaired) electrons. The Labute approximate surface area is 77.8 Å². The summed E-state index contributed by atoms with van der Waals surface area (Å²) in [5.74, 6) is 0.849. The van der Waals surface area contributed by atoms with Gasteiger partial charge in [-0.2, -0.15) is 0 Å². The molecule has 1 heterocycles. The quantitative estimate of drug-likeness (QED) is 0.704. The molecule has 0 aliphatic carbocycles. The monoisotopic (exact) mass is 176 g/mol. The average Bonchev–Trinajstić information content (AvgIpc) is 2.12. The summed E-state index contributed by atoms with van der Waals surface area (Å²) in [6, 6.07) is 7.82. The van der Waals surface area contributed by atoms with Gasteiger partial charge in [-0.3, -0.25) is 0 Å². The third-order valence-corrected chi connectivity index (χ3v) is 2.02. The maximum atomic E-state index is 5.52. The van der Waals surface area contributed by atoms with E-state index >= 15 is 0 Å². The Balaban J connectivity index is 2.05. The summed E-state index contributed by atoms with van der Waals surface area (Å²) in [6.45, 7) is 4.51. The highest BCUT2D eigenvalue weighted by atomic mass is 16.7. The Morgan fingerprint density at radius 1 is 1.54 bits per heavy atom. The Bertz CT molecular complexity index is 303. The first kappa shape index (κ1) is 8.32. The zero-order valence-corrected chi connectivity index (χ0v) is 7.40. The van der Waals surface area contributed by atoms with Crippen molar-refractivity contribution < 1.29 is 9.47 Å². The lowest BCUT2D eigenvalue weighted by Crippen LogP contribution is -2.32. The van der Waals surface area contributed by atoms with Gasteiger partial charge in [0.25, 0.3) is 0 Å². The first-order valence-electron chi connectivity index (χ1n) is 4.39. The summed E-state index contributed by atoms with van der Waals surface area (Å²) in [4.78, 5) is 0. The first-order valence-corrected chi connectivity index (χ1v) is 4.39. The Morgan fingerprint density at radius 2 is 2.38 bits per heavy atom. The van der Waals surface area contributed by atoms with Crippen molar-refractivity contribution in [1.29, 1.82) is 0 Å². The summed E-state index contributed by atoms with van der Waals surface area (Å²) in [5.41, 5.74) is 1.07. The predicted octanol–water partition coefficient (Wildman–Crippen LogP) is 2.45. The van der Waals surface area contributed by atoms with E-state index in [9.17, 15) is 0 Å². The molecule has 2 heteroatoms. The maximum Gasteiger partial charge on any atom is 0.202 e. The fraction of sp³-hybridized carbons (Fsp3) is 0.273. The van der Waals surface area contributed by atoms with Gasteiger partial charge in [-0.05, 0) is 17.7 Å². The lowest BCUT2D eigenvalue weighted by molar-refractivity contribution is -0.165. The van der Waals surface area contributed by atoms with Gasteiger partial charge in [-0.15, -0.1) is 0 Å². The van der Waals surface area contributed by atoms with Crippen LogP contribution >= 0.6 is 0 Å². The average molecular weight is 176 g/mol. The van der Waals surface area contributed by atoms with E-state index in [0.717, 1.165) is 24.3 Å². The van der Waals surface area contributed by atoms with Crippen molar-refractivity contribution >= 4 is 6.08 Å². The van der Waals surface area contributed by atoms with Crippen LogP contribution in [0.3, 0.4) is 0 Å². The van der Waals surface area contributed by atoms with Gasteiger partial charge in [-0.1, -0.05) is 24.8 Å². The topological polar surface area (TPSA) is 18.5 Å². The molecule has 1 aromatic carbocycles. The van der Waals surface area contributed by atoms with Gasteiger partial charge < -0.3 is 9.47 Å². The number of hydrogen-bond donors (Lipinski definition) is 0. The van der Waals surface area contributed by atoms with Crippen LogP contribution < -0.4 is 4.74 Å². The van der Waals surface area contributed by atoms with Crippen LogP contribution in [0.25, 0.3) is 6.08 Å². The largest absolute Gasteiger partial charge is 0.465 e. The van der Waals surface area contributed by atoms with Gasteiger partial charge in [0, 0.05) is 6.42 Å². The molecule has 0 N–H and O–H groups in total. The molecular weight excluding hydrogens is 164 g/mol. The third-order valence-electron chi connectivity index (χ3n) is 2.02. The van der Waals surface area contributed by atoms with Crippen molar-refractivity contribution in [2.75, 3.05) is 6.61 Å². The van der Waals surface area contributed by atoms with E-state index in [1.807, 2.05) is 24.3 Å². The molecule has 1 fully saturated rings. The van der Waals surface area contributed by atoms with Crippen LogP contribution in [0.15, 0.2) is 30.8 Å². The highest BCUT2D eigenvalue weighted by Crippen LogP contribution is 2.20. The molecule has 1 aromatic rings. The van der Waals surface area contributed by atoms with Crippen LogP contribution in [-0.2, 0) is 4.74 Å². The molecule has 1 unspecified atom stereocenters. The maximum absolute atomic E-state index is 5.52. The van der Waals surface area contributed by atoms with Crippen LogP contribution in [0.4, 0.5) is 0 Å². The molecule has 2 rings (SSSR count). The minimum Gasteiger partial charge on any atom is -0.465 e. The molecule has 0 amide bonds. The molecule has 0 saturated carbocycles. The van der Waals surface area contributed by atoms with Gasteiger partial charge in [0.05, 0.1) is 6.61 Å². The number of benzene rings is 1. The van der Waals surface area contributed by atoms with E-state index < -0.39 is 0 Å². The third kappa shape index (κ3) is 1.90. The normalized spacial score (nSPS) is 20.5. The van der Waals surface area contributed by atoms with Gasteiger partial charge >= 0.3 is 0 Å². The molecule has 0 bridgehead atoms. The van der Waals surface area contributed by atoms with Gasteiger partial charge in [0.15, 0.2) is 0 Å². The van der Waals surface area contributed by atoms with Crippen molar-refractivity contribution in [2.24, 2.45) is 0 Å². The summed E-state index contributed by atoms with van der Waals surface area (Å²) in [6.07, 6.45) is 2.74. The van der Waals surface area contributed by atoms with Crippen molar-refractivity contribution in [3.05, 3.63) is 36.4 Å². The zero-order chi connectivity index (χ0) is 9.10. The van der Waals surface area contributed by atoms with Crippen LogP contribution in [-0.4, -0.2) is 12.9 Å². The fourth-order valence-corrected chi connectivity index (χ4v) is 1.17. The number of rotatable bonds is 3. The molecule has 1 aliphatic heterocycles. The van der Waals surface area contributed by atoms with Crippen molar-refractivity contribution in [2.45, 2.75) is 12.7 Å². The summed E-state index contributed by atoms with van der Waals surface area (Å²) in [5, 5.41) is 0. The van der Waals surface area contributed by atoms with Crippen LogP contribution in [0.2, 0.25) is 0 Å². The molecule has 0 spiro atoms. The zero-order valence-electron chi connectivity index (χ0n) is 7.40. The van der Waals surface area contributed by atoms with E-state index in [-0.39, 0.29) is 6.29 Å². The smallest absolute Gasteiger partial charge is 0.202 e. The van der Waals surface area contributed by atoms with E-state index in [4.69, 9.17) is 9.47 Å². The molecule has 13 heavy (non-hydrogen) atoms. The van der Waals surface area contributed by atoms with Crippen LogP contribution in [0.5, 0.6) is 5.75 Å². The van der Waals surface area contributed by atoms with Crippen molar-refractivity contribution in [3.8, 4) is 5.75 Å². The second kappa shape index (κ2) is 3.62. The molecule has 1 aliphatic rings. The molecule has 2 nitrogen and oxygen atoms in total. The lowest BCUT2D eigenvalue weighted by atomic mass is 10.2. The number of ether oxygens (including phenoxy) is 2. The minimum atomic E-state index is -0.0416. The van der Waals surface area contributed by atoms with E-state index in [1.165, 1.54) is 0 Å². The van der Waals surface area contributed by atoms with Crippen molar-refractivity contribution in [3.63, 3.8) is 0 Å². The van der Waals surface area contributed by atoms with E-state index in [2.05, 4.69) is 6.58 Å². The Kier molecular flexibility index (Phi) is 2.32. The van der Waals surface area contributed by atoms with Gasteiger partial charge in [0.1, 0.15) is 5.75 Å². The highest BCUT2D eigenvalue weighted by Gasteiger charge is 2.19. The molecule has 1 saturated heterocycles. The fourth-order valence-electron chi connectivity index (χ4n) is 1.17. The van der Waals surface area contributed by atoms with Crippen LogP contribution in [0.1, 0.15) is 12.0 Å². The molecule has 1 atom stereocenters. The minimum absolute atomic E-state index is 0.0416. The van der Waals surface area contributed by atoms with Crippen molar-refractivity contribution in [1.82, 2.24) is 0 Å². The molecular formula is C11H12O2. The Morgan fingerprint density at radius 3 is 3.00 bits per heavy atom. The van der Waals surface area contributed by atoms with Crippen LogP contribution in [0, 0.1) is 0 Å². The summed E-state index contributed by atoms with van der Waals surface area (Å²) in [7, 11) is 0. The molecule has 0 aromatic heterocycles. The lowest BCUT2D eigenvalue weighted by Gasteiger charge is -2.26. The highest BCUT2D eigenvalue weighted by molar-refractivity contribution is 5.49. The second-order valence-corrected chi connectivity index (χ2v) is 2.98. The first-order chi connectivity index (χ1) is 6.38. The second-order valence-electron chi connectivity index (χ2n) is 2.98. The predicted molar refractivity (Wildman–Crippen MR) is 51.5 cm³/mol. The number of hydrogen-bond acceptors (Lipinski definition) is 2. The summed E-state index contributed by atoms with van der Waals surface area (Å²) >= 11 is 0. The van der Waals surface area contributed by atoms with E-state index in [1.54, 1.807) is 6.08 Å².